The molecule has 1 N–H and O–H groups in total. The number of hydrogen-bond donors (Lipinski definition) is 1. The van der Waals surface area contributed by atoms with Crippen LogP contribution in [0.5, 0.6) is 0 Å². The van der Waals surface area contributed by atoms with E-state index < -0.39 is 10.0 Å². The minimum Gasteiger partial charge on any atom is -0.321 e. The first-order chi connectivity index (χ1) is 11.9. The number of amides is 1. The summed E-state index contributed by atoms with van der Waals surface area (Å²) in [6.07, 6.45) is 0. The van der Waals surface area contributed by atoms with E-state index in [4.69, 9.17) is 0 Å². The average Bonchev–Trinajstić information content (AvgIpc) is 2.62. The van der Waals surface area contributed by atoms with Gasteiger partial charge in [0, 0.05) is 30.7 Å². The normalized spacial score (nSPS) is 11.6. The Balaban J connectivity index is 1.87. The second-order valence-corrected chi connectivity index (χ2v) is 7.94. The molecule has 6 heteroatoms. The smallest absolute Gasteiger partial charge is 0.255 e. The summed E-state index contributed by atoms with van der Waals surface area (Å²) in [5.74, 6) is -0.287. The molecule has 0 bridgehead atoms. The van der Waals surface area contributed by atoms with E-state index in [0.29, 0.717) is 11.3 Å². The molecule has 0 spiro atoms. The van der Waals surface area contributed by atoms with Crippen LogP contribution in [0.25, 0.3) is 10.8 Å². The van der Waals surface area contributed by atoms with Crippen molar-refractivity contribution in [1.82, 2.24) is 4.31 Å². The number of nitrogens with zero attached hydrogens (tertiary/aromatic N) is 1. The molecule has 0 aliphatic carbocycles. The summed E-state index contributed by atoms with van der Waals surface area (Å²) in [5.41, 5.74) is 1.11. The average molecular weight is 354 g/mol. The van der Waals surface area contributed by atoms with Gasteiger partial charge in [0.05, 0.1) is 4.90 Å². The highest BCUT2D eigenvalue weighted by atomic mass is 32.2. The lowest BCUT2D eigenvalue weighted by Crippen LogP contribution is -2.22. The molecule has 3 rings (SSSR count). The topological polar surface area (TPSA) is 66.5 Å². The lowest BCUT2D eigenvalue weighted by Gasteiger charge is -2.12. The molecular weight excluding hydrogens is 336 g/mol. The molecule has 0 aliphatic heterocycles. The minimum absolute atomic E-state index is 0.152. The standard InChI is InChI=1S/C19H18N2O3S/c1-21(2)25(23,24)16-12-10-15(11-13-16)19(22)20-18-9-5-7-14-6-3-4-8-17(14)18/h3-13H,1-2H3,(H,20,22). The molecule has 0 fully saturated rings. The summed E-state index contributed by atoms with van der Waals surface area (Å²) < 4.78 is 25.3. The lowest BCUT2D eigenvalue weighted by molar-refractivity contribution is 0.102. The number of sulfonamides is 1. The van der Waals surface area contributed by atoms with Crippen molar-refractivity contribution >= 4 is 32.4 Å². The van der Waals surface area contributed by atoms with Crippen LogP contribution in [0.3, 0.4) is 0 Å². The fraction of sp³-hybridized carbons (Fsp3) is 0.105. The largest absolute Gasteiger partial charge is 0.321 e. The third-order valence-electron chi connectivity index (χ3n) is 3.93. The number of carbonyl (C=O) groups excluding carboxylic acids is 1. The number of rotatable bonds is 4. The molecule has 0 unspecified atom stereocenters. The summed E-state index contributed by atoms with van der Waals surface area (Å²) in [6.45, 7) is 0. The highest BCUT2D eigenvalue weighted by Crippen LogP contribution is 2.23. The fourth-order valence-corrected chi connectivity index (χ4v) is 3.42. The van der Waals surface area contributed by atoms with Crippen LogP contribution >= 0.6 is 0 Å². The van der Waals surface area contributed by atoms with Gasteiger partial charge in [-0.05, 0) is 35.7 Å². The van der Waals surface area contributed by atoms with Crippen LogP contribution in [0.4, 0.5) is 5.69 Å². The first-order valence-electron chi connectivity index (χ1n) is 7.71. The Morgan fingerprint density at radius 1 is 0.880 bits per heavy atom. The van der Waals surface area contributed by atoms with Crippen LogP contribution in [0.2, 0.25) is 0 Å². The molecular formula is C19H18N2O3S. The van der Waals surface area contributed by atoms with E-state index in [1.807, 2.05) is 42.5 Å². The molecule has 0 atom stereocenters. The Kier molecular flexibility index (Phi) is 4.57. The predicted octanol–water partition coefficient (Wildman–Crippen LogP) is 3.34. The maximum atomic E-state index is 12.5. The highest BCUT2D eigenvalue weighted by Gasteiger charge is 2.17. The van der Waals surface area contributed by atoms with E-state index in [2.05, 4.69) is 5.32 Å². The van der Waals surface area contributed by atoms with Crippen LogP contribution < -0.4 is 5.32 Å². The summed E-state index contributed by atoms with van der Waals surface area (Å²) in [5, 5.41) is 4.87. The SMILES string of the molecule is CN(C)S(=O)(=O)c1ccc(C(=O)Nc2cccc3ccccc23)cc1. The molecule has 0 aromatic heterocycles. The molecule has 128 valence electrons. The van der Waals surface area contributed by atoms with E-state index in [9.17, 15) is 13.2 Å². The number of nitrogens with one attached hydrogen (secondary N) is 1. The third kappa shape index (κ3) is 3.40. The Bertz CT molecular complexity index is 1020. The summed E-state index contributed by atoms with van der Waals surface area (Å²) >= 11 is 0. The number of carbonyl (C=O) groups is 1. The van der Waals surface area contributed by atoms with E-state index in [0.717, 1.165) is 15.1 Å². The molecule has 0 heterocycles. The minimum atomic E-state index is -3.51. The Morgan fingerprint density at radius 3 is 2.20 bits per heavy atom. The summed E-state index contributed by atoms with van der Waals surface area (Å²) in [4.78, 5) is 12.6. The molecule has 3 aromatic rings. The van der Waals surface area contributed by atoms with Crippen molar-refractivity contribution in [1.29, 1.82) is 0 Å². The number of hydrogen-bond acceptors (Lipinski definition) is 3. The van der Waals surface area contributed by atoms with Crippen LogP contribution in [0.1, 0.15) is 10.4 Å². The second kappa shape index (κ2) is 6.66. The number of anilines is 1. The van der Waals surface area contributed by atoms with Gasteiger partial charge in [0.1, 0.15) is 0 Å². The molecule has 0 saturated heterocycles. The number of benzene rings is 3. The van der Waals surface area contributed by atoms with E-state index >= 15 is 0 Å². The van der Waals surface area contributed by atoms with Gasteiger partial charge in [-0.15, -0.1) is 0 Å². The van der Waals surface area contributed by atoms with Crippen molar-refractivity contribution in [3.63, 3.8) is 0 Å². The number of fused-ring (bicyclic) bond motifs is 1. The van der Waals surface area contributed by atoms with Crippen molar-refractivity contribution in [2.24, 2.45) is 0 Å². The van der Waals surface area contributed by atoms with Crippen molar-refractivity contribution < 1.29 is 13.2 Å². The van der Waals surface area contributed by atoms with Gasteiger partial charge in [-0.25, -0.2) is 12.7 Å². The molecule has 1 amide bonds. The summed E-state index contributed by atoms with van der Waals surface area (Å²) in [6, 6.07) is 19.4. The van der Waals surface area contributed by atoms with E-state index in [1.165, 1.54) is 38.4 Å². The maximum Gasteiger partial charge on any atom is 0.255 e. The fourth-order valence-electron chi connectivity index (χ4n) is 2.52. The van der Waals surface area contributed by atoms with Crippen LogP contribution in [0.15, 0.2) is 71.6 Å². The Morgan fingerprint density at radius 2 is 1.52 bits per heavy atom. The zero-order chi connectivity index (χ0) is 18.0. The Hall–Kier alpha value is -2.70. The maximum absolute atomic E-state index is 12.5. The van der Waals surface area contributed by atoms with Gasteiger partial charge >= 0.3 is 0 Å². The molecule has 3 aromatic carbocycles. The molecule has 5 nitrogen and oxygen atoms in total. The lowest BCUT2D eigenvalue weighted by atomic mass is 10.1. The molecule has 0 aliphatic rings. The van der Waals surface area contributed by atoms with Gasteiger partial charge in [0.25, 0.3) is 5.91 Å². The third-order valence-corrected chi connectivity index (χ3v) is 5.76. The van der Waals surface area contributed by atoms with E-state index in [-0.39, 0.29) is 10.8 Å². The van der Waals surface area contributed by atoms with Gasteiger partial charge < -0.3 is 5.32 Å². The zero-order valence-electron chi connectivity index (χ0n) is 13.9. The monoisotopic (exact) mass is 354 g/mol. The molecule has 0 radical (unpaired) electrons. The van der Waals surface area contributed by atoms with E-state index in [1.54, 1.807) is 0 Å². The van der Waals surface area contributed by atoms with Gasteiger partial charge in [0.2, 0.25) is 10.0 Å². The van der Waals surface area contributed by atoms with Crippen molar-refractivity contribution in [2.45, 2.75) is 4.90 Å². The first-order valence-corrected chi connectivity index (χ1v) is 9.15. The quantitative estimate of drug-likeness (QED) is 0.781. The first kappa shape index (κ1) is 17.1. The van der Waals surface area contributed by atoms with Crippen molar-refractivity contribution in [3.05, 3.63) is 72.3 Å². The van der Waals surface area contributed by atoms with Crippen molar-refractivity contribution in [3.8, 4) is 0 Å². The van der Waals surface area contributed by atoms with Crippen LogP contribution in [0, 0.1) is 0 Å². The van der Waals surface area contributed by atoms with Crippen LogP contribution in [-0.4, -0.2) is 32.7 Å². The van der Waals surface area contributed by atoms with Gasteiger partial charge in [0.15, 0.2) is 0 Å². The zero-order valence-corrected chi connectivity index (χ0v) is 14.7. The van der Waals surface area contributed by atoms with Crippen molar-refractivity contribution in [2.75, 3.05) is 19.4 Å². The highest BCUT2D eigenvalue weighted by molar-refractivity contribution is 7.89. The van der Waals surface area contributed by atoms with Gasteiger partial charge in [-0.2, -0.15) is 0 Å². The predicted molar refractivity (Wildman–Crippen MR) is 99.2 cm³/mol. The summed E-state index contributed by atoms with van der Waals surface area (Å²) in [7, 11) is -0.568. The van der Waals surface area contributed by atoms with Crippen LogP contribution in [-0.2, 0) is 10.0 Å². The van der Waals surface area contributed by atoms with Gasteiger partial charge in [-0.1, -0.05) is 36.4 Å². The van der Waals surface area contributed by atoms with Gasteiger partial charge in [-0.3, -0.25) is 4.79 Å². The molecule has 0 saturated carbocycles. The molecule has 25 heavy (non-hydrogen) atoms. The second-order valence-electron chi connectivity index (χ2n) is 5.79. The Labute approximate surface area is 146 Å².